The van der Waals surface area contributed by atoms with Gasteiger partial charge in [-0.3, -0.25) is 0 Å². The lowest BCUT2D eigenvalue weighted by Crippen LogP contribution is -2.12. The fourth-order valence-electron chi connectivity index (χ4n) is 3.04. The third-order valence-electron chi connectivity index (χ3n) is 4.72. The number of aliphatic hydroxyl groups is 1. The van der Waals surface area contributed by atoms with Gasteiger partial charge in [-0.25, -0.2) is 0 Å². The van der Waals surface area contributed by atoms with E-state index in [2.05, 4.69) is 48.5 Å². The SMILES string of the molecule is Cc1ccc(-c2noc(C3(CO)CC3)c2-c2ccccc2)cc1. The summed E-state index contributed by atoms with van der Waals surface area (Å²) in [7, 11) is 0. The molecule has 1 fully saturated rings. The molecule has 4 rings (SSSR count). The van der Waals surface area contributed by atoms with Crippen LogP contribution in [0.15, 0.2) is 59.1 Å². The van der Waals surface area contributed by atoms with Gasteiger partial charge in [0.25, 0.3) is 0 Å². The van der Waals surface area contributed by atoms with E-state index >= 15 is 0 Å². The van der Waals surface area contributed by atoms with Crippen LogP contribution in [0, 0.1) is 6.92 Å². The van der Waals surface area contributed by atoms with Crippen molar-refractivity contribution < 1.29 is 9.63 Å². The molecular formula is C20H19NO2. The minimum atomic E-state index is -0.249. The largest absolute Gasteiger partial charge is 0.395 e. The molecule has 1 heterocycles. The molecule has 0 atom stereocenters. The Bertz CT molecular complexity index is 815. The van der Waals surface area contributed by atoms with E-state index in [-0.39, 0.29) is 12.0 Å². The number of benzene rings is 2. The van der Waals surface area contributed by atoms with Crippen LogP contribution in [-0.2, 0) is 5.41 Å². The van der Waals surface area contributed by atoms with Gasteiger partial charge >= 0.3 is 0 Å². The van der Waals surface area contributed by atoms with E-state index in [9.17, 15) is 5.11 Å². The molecule has 1 N–H and O–H groups in total. The van der Waals surface area contributed by atoms with Crippen molar-refractivity contribution in [3.05, 3.63) is 65.9 Å². The van der Waals surface area contributed by atoms with E-state index in [0.29, 0.717) is 0 Å². The lowest BCUT2D eigenvalue weighted by molar-refractivity contribution is 0.226. The predicted molar refractivity (Wildman–Crippen MR) is 90.1 cm³/mol. The van der Waals surface area contributed by atoms with Crippen LogP contribution in [0.4, 0.5) is 0 Å². The molecule has 0 unspecified atom stereocenters. The van der Waals surface area contributed by atoms with Crippen molar-refractivity contribution in [1.82, 2.24) is 5.16 Å². The van der Waals surface area contributed by atoms with Gasteiger partial charge in [0.05, 0.1) is 17.6 Å². The molecule has 0 radical (unpaired) electrons. The van der Waals surface area contributed by atoms with Crippen LogP contribution in [0.25, 0.3) is 22.4 Å². The van der Waals surface area contributed by atoms with Crippen LogP contribution in [0.1, 0.15) is 24.2 Å². The summed E-state index contributed by atoms with van der Waals surface area (Å²) < 4.78 is 5.74. The maximum absolute atomic E-state index is 9.81. The third kappa shape index (κ3) is 2.37. The highest BCUT2D eigenvalue weighted by Crippen LogP contribution is 2.52. The van der Waals surface area contributed by atoms with E-state index in [4.69, 9.17) is 4.52 Å². The maximum Gasteiger partial charge on any atom is 0.153 e. The predicted octanol–water partition coefficient (Wildman–Crippen LogP) is 4.34. The number of rotatable bonds is 4. The first-order valence-electron chi connectivity index (χ1n) is 7.97. The Labute approximate surface area is 135 Å². The van der Waals surface area contributed by atoms with Crippen LogP contribution in [0.3, 0.4) is 0 Å². The molecule has 0 bridgehead atoms. The second-order valence-electron chi connectivity index (χ2n) is 6.41. The Hall–Kier alpha value is -2.39. The Morgan fingerprint density at radius 2 is 1.70 bits per heavy atom. The molecule has 116 valence electrons. The van der Waals surface area contributed by atoms with Gasteiger partial charge in [-0.1, -0.05) is 65.3 Å². The van der Waals surface area contributed by atoms with Crippen LogP contribution >= 0.6 is 0 Å². The van der Waals surface area contributed by atoms with Gasteiger partial charge in [0.15, 0.2) is 5.76 Å². The second-order valence-corrected chi connectivity index (χ2v) is 6.41. The van der Waals surface area contributed by atoms with Crippen molar-refractivity contribution in [2.45, 2.75) is 25.2 Å². The molecule has 0 amide bonds. The number of nitrogens with zero attached hydrogens (tertiary/aromatic N) is 1. The zero-order valence-corrected chi connectivity index (χ0v) is 13.1. The fourth-order valence-corrected chi connectivity index (χ4v) is 3.04. The summed E-state index contributed by atoms with van der Waals surface area (Å²) in [5.74, 6) is 0.821. The number of aryl methyl sites for hydroxylation is 1. The van der Waals surface area contributed by atoms with Crippen LogP contribution in [-0.4, -0.2) is 16.9 Å². The van der Waals surface area contributed by atoms with Gasteiger partial charge < -0.3 is 9.63 Å². The molecular weight excluding hydrogens is 286 g/mol. The average Bonchev–Trinajstić information content (AvgIpc) is 3.27. The van der Waals surface area contributed by atoms with Crippen LogP contribution < -0.4 is 0 Å². The number of hydrogen-bond acceptors (Lipinski definition) is 3. The average molecular weight is 305 g/mol. The van der Waals surface area contributed by atoms with E-state index in [1.165, 1.54) is 5.56 Å². The van der Waals surface area contributed by atoms with Gasteiger partial charge in [0, 0.05) is 5.56 Å². The van der Waals surface area contributed by atoms with Crippen molar-refractivity contribution in [3.8, 4) is 22.4 Å². The van der Waals surface area contributed by atoms with Gasteiger partial charge in [0.2, 0.25) is 0 Å². The molecule has 2 aromatic carbocycles. The van der Waals surface area contributed by atoms with Crippen molar-refractivity contribution in [2.24, 2.45) is 0 Å². The van der Waals surface area contributed by atoms with Gasteiger partial charge in [-0.05, 0) is 25.3 Å². The lowest BCUT2D eigenvalue weighted by atomic mass is 9.92. The number of aromatic nitrogens is 1. The van der Waals surface area contributed by atoms with Crippen molar-refractivity contribution in [2.75, 3.05) is 6.61 Å². The zero-order chi connectivity index (χ0) is 15.9. The Morgan fingerprint density at radius 1 is 1.00 bits per heavy atom. The van der Waals surface area contributed by atoms with E-state index in [1.54, 1.807) is 0 Å². The summed E-state index contributed by atoms with van der Waals surface area (Å²) in [6.45, 7) is 2.18. The summed E-state index contributed by atoms with van der Waals surface area (Å²) in [6.07, 6.45) is 1.90. The first-order chi connectivity index (χ1) is 11.2. The highest BCUT2D eigenvalue weighted by Gasteiger charge is 2.49. The summed E-state index contributed by atoms with van der Waals surface area (Å²) in [5.41, 5.74) is 4.96. The highest BCUT2D eigenvalue weighted by molar-refractivity contribution is 5.83. The van der Waals surface area contributed by atoms with Gasteiger partial charge in [0.1, 0.15) is 5.69 Å². The molecule has 3 aromatic rings. The number of hydrogen-bond donors (Lipinski definition) is 1. The molecule has 3 heteroatoms. The lowest BCUT2D eigenvalue weighted by Gasteiger charge is -2.11. The molecule has 0 aliphatic heterocycles. The second kappa shape index (κ2) is 5.36. The Morgan fingerprint density at radius 3 is 2.30 bits per heavy atom. The molecule has 0 saturated heterocycles. The van der Waals surface area contributed by atoms with Gasteiger partial charge in [-0.2, -0.15) is 0 Å². The number of aliphatic hydroxyl groups excluding tert-OH is 1. The van der Waals surface area contributed by atoms with Crippen molar-refractivity contribution in [1.29, 1.82) is 0 Å². The quantitative estimate of drug-likeness (QED) is 0.780. The monoisotopic (exact) mass is 305 g/mol. The van der Waals surface area contributed by atoms with E-state index in [1.807, 2.05) is 18.2 Å². The minimum absolute atomic E-state index is 0.107. The molecule has 0 spiro atoms. The van der Waals surface area contributed by atoms with Crippen molar-refractivity contribution in [3.63, 3.8) is 0 Å². The summed E-state index contributed by atoms with van der Waals surface area (Å²) in [4.78, 5) is 0. The highest BCUT2D eigenvalue weighted by atomic mass is 16.5. The molecule has 1 saturated carbocycles. The van der Waals surface area contributed by atoms with Crippen molar-refractivity contribution >= 4 is 0 Å². The zero-order valence-electron chi connectivity index (χ0n) is 13.1. The summed E-state index contributed by atoms with van der Waals surface area (Å²) >= 11 is 0. The normalized spacial score (nSPS) is 15.6. The minimum Gasteiger partial charge on any atom is -0.395 e. The molecule has 1 aliphatic carbocycles. The maximum atomic E-state index is 9.81. The smallest absolute Gasteiger partial charge is 0.153 e. The van der Waals surface area contributed by atoms with Gasteiger partial charge in [-0.15, -0.1) is 0 Å². The molecule has 1 aromatic heterocycles. The molecule has 23 heavy (non-hydrogen) atoms. The topological polar surface area (TPSA) is 46.3 Å². The Kier molecular flexibility index (Phi) is 3.31. The fraction of sp³-hybridized carbons (Fsp3) is 0.250. The Balaban J connectivity index is 1.92. The molecule has 3 nitrogen and oxygen atoms in total. The first kappa shape index (κ1) is 14.2. The first-order valence-corrected chi connectivity index (χ1v) is 7.97. The van der Waals surface area contributed by atoms with Crippen LogP contribution in [0.5, 0.6) is 0 Å². The standard InChI is InChI=1S/C20H19NO2/c1-14-7-9-16(10-8-14)18-17(15-5-3-2-4-6-15)19(23-21-18)20(13-22)11-12-20/h2-10,22H,11-13H2,1H3. The third-order valence-corrected chi connectivity index (χ3v) is 4.72. The summed E-state index contributed by atoms with van der Waals surface area (Å²) in [5, 5.41) is 14.2. The van der Waals surface area contributed by atoms with E-state index < -0.39 is 0 Å². The molecule has 1 aliphatic rings. The van der Waals surface area contributed by atoms with Crippen LogP contribution in [0.2, 0.25) is 0 Å². The summed E-state index contributed by atoms with van der Waals surface area (Å²) in [6, 6.07) is 18.5. The van der Waals surface area contributed by atoms with E-state index in [0.717, 1.165) is 41.0 Å².